The minimum absolute atomic E-state index is 0.173. The van der Waals surface area contributed by atoms with E-state index >= 15 is 0 Å². The van der Waals surface area contributed by atoms with E-state index in [9.17, 15) is 9.50 Å². The normalized spacial score (nSPS) is 18.1. The first-order chi connectivity index (χ1) is 13.4. The van der Waals surface area contributed by atoms with Crippen LogP contribution in [0.3, 0.4) is 0 Å². The van der Waals surface area contributed by atoms with E-state index in [-0.39, 0.29) is 11.7 Å². The van der Waals surface area contributed by atoms with Gasteiger partial charge in [-0.05, 0) is 70.1 Å². The largest absolute Gasteiger partial charge is 0.384 e. The van der Waals surface area contributed by atoms with E-state index in [1.165, 1.54) is 6.07 Å². The van der Waals surface area contributed by atoms with Crippen molar-refractivity contribution in [2.45, 2.75) is 25.4 Å². The maximum Gasteiger partial charge on any atom is 0.146 e. The van der Waals surface area contributed by atoms with Crippen molar-refractivity contribution in [3.63, 3.8) is 0 Å². The third-order valence-corrected chi connectivity index (χ3v) is 5.74. The molecule has 0 saturated carbocycles. The van der Waals surface area contributed by atoms with Gasteiger partial charge in [-0.3, -0.25) is 0 Å². The third-order valence-electron chi connectivity index (χ3n) is 5.74. The minimum Gasteiger partial charge on any atom is -0.384 e. The Balaban J connectivity index is 1.63. The number of nitrogens with one attached hydrogen (secondary N) is 1. The molecule has 146 valence electrons. The number of benzene rings is 1. The van der Waals surface area contributed by atoms with Gasteiger partial charge in [0.1, 0.15) is 17.2 Å². The number of anilines is 2. The summed E-state index contributed by atoms with van der Waals surface area (Å²) in [5.41, 5.74) is 0.763. The molecule has 1 saturated heterocycles. The van der Waals surface area contributed by atoms with Crippen molar-refractivity contribution in [1.82, 2.24) is 14.9 Å². The fraction of sp³-hybridized carbons (Fsp3) is 0.364. The van der Waals surface area contributed by atoms with Crippen LogP contribution in [-0.4, -0.2) is 40.1 Å². The SMILES string of the molecule is CN1CCC([C@@](C)(O)c2ccc3cnc(Nc4ccccc4F)cc3n2)CC1. The van der Waals surface area contributed by atoms with E-state index in [4.69, 9.17) is 4.98 Å². The second-order valence-electron chi connectivity index (χ2n) is 7.79. The van der Waals surface area contributed by atoms with E-state index in [2.05, 4.69) is 22.2 Å². The predicted octanol–water partition coefficient (Wildman–Crippen LogP) is 4.06. The summed E-state index contributed by atoms with van der Waals surface area (Å²) < 4.78 is 13.9. The first-order valence-electron chi connectivity index (χ1n) is 9.63. The van der Waals surface area contributed by atoms with Gasteiger partial charge >= 0.3 is 0 Å². The van der Waals surface area contributed by atoms with Gasteiger partial charge in [-0.15, -0.1) is 0 Å². The number of likely N-dealkylation sites (tertiary alicyclic amines) is 1. The van der Waals surface area contributed by atoms with Crippen molar-refractivity contribution in [2.75, 3.05) is 25.5 Å². The van der Waals surface area contributed by atoms with Gasteiger partial charge in [-0.2, -0.15) is 0 Å². The summed E-state index contributed by atoms with van der Waals surface area (Å²) in [6.45, 7) is 3.82. The van der Waals surface area contributed by atoms with Crippen LogP contribution < -0.4 is 5.32 Å². The average molecular weight is 380 g/mol. The van der Waals surface area contributed by atoms with Crippen LogP contribution in [0.25, 0.3) is 10.9 Å². The van der Waals surface area contributed by atoms with Crippen LogP contribution in [0, 0.1) is 11.7 Å². The average Bonchev–Trinajstić information content (AvgIpc) is 2.69. The van der Waals surface area contributed by atoms with Crippen LogP contribution in [0.1, 0.15) is 25.5 Å². The maximum atomic E-state index is 13.9. The highest BCUT2D eigenvalue weighted by Crippen LogP contribution is 2.36. The van der Waals surface area contributed by atoms with Crippen molar-refractivity contribution in [1.29, 1.82) is 0 Å². The Bertz CT molecular complexity index is 983. The Morgan fingerprint density at radius 2 is 1.93 bits per heavy atom. The topological polar surface area (TPSA) is 61.3 Å². The van der Waals surface area contributed by atoms with Crippen molar-refractivity contribution in [2.24, 2.45) is 5.92 Å². The van der Waals surface area contributed by atoms with Gasteiger partial charge in [0.05, 0.1) is 16.9 Å². The van der Waals surface area contributed by atoms with Gasteiger partial charge in [0.25, 0.3) is 0 Å². The molecule has 28 heavy (non-hydrogen) atoms. The van der Waals surface area contributed by atoms with E-state index in [1.54, 1.807) is 30.5 Å². The molecule has 2 N–H and O–H groups in total. The van der Waals surface area contributed by atoms with Gasteiger partial charge in [0.2, 0.25) is 0 Å². The molecule has 1 aliphatic rings. The Labute approximate surface area is 164 Å². The zero-order valence-corrected chi connectivity index (χ0v) is 16.2. The molecular weight excluding hydrogens is 355 g/mol. The fourth-order valence-corrected chi connectivity index (χ4v) is 3.85. The molecule has 4 rings (SSSR count). The molecule has 0 aliphatic carbocycles. The molecule has 6 heteroatoms. The van der Waals surface area contributed by atoms with Crippen molar-refractivity contribution < 1.29 is 9.50 Å². The lowest BCUT2D eigenvalue weighted by molar-refractivity contribution is -0.0334. The van der Waals surface area contributed by atoms with Crippen LogP contribution in [0.15, 0.2) is 48.7 Å². The van der Waals surface area contributed by atoms with Crippen molar-refractivity contribution in [3.8, 4) is 0 Å². The van der Waals surface area contributed by atoms with Gasteiger partial charge in [0, 0.05) is 17.6 Å². The van der Waals surface area contributed by atoms with Crippen LogP contribution in [0.4, 0.5) is 15.9 Å². The summed E-state index contributed by atoms with van der Waals surface area (Å²) in [6.07, 6.45) is 3.60. The molecule has 0 bridgehead atoms. The van der Waals surface area contributed by atoms with E-state index in [1.807, 2.05) is 19.1 Å². The number of fused-ring (bicyclic) bond motifs is 1. The fourth-order valence-electron chi connectivity index (χ4n) is 3.85. The predicted molar refractivity (Wildman–Crippen MR) is 109 cm³/mol. The number of nitrogens with zero attached hydrogens (tertiary/aromatic N) is 3. The summed E-state index contributed by atoms with van der Waals surface area (Å²) in [4.78, 5) is 11.4. The van der Waals surface area contributed by atoms with Gasteiger partial charge in [-0.25, -0.2) is 14.4 Å². The molecular formula is C22H25FN4O. The maximum absolute atomic E-state index is 13.9. The van der Waals surface area contributed by atoms with E-state index < -0.39 is 5.60 Å². The van der Waals surface area contributed by atoms with Crippen LogP contribution >= 0.6 is 0 Å². The Kier molecular flexibility index (Phi) is 5.00. The van der Waals surface area contributed by atoms with Crippen LogP contribution in [-0.2, 0) is 5.60 Å². The molecule has 1 aliphatic heterocycles. The summed E-state index contributed by atoms with van der Waals surface area (Å²) in [5, 5.41) is 15.1. The van der Waals surface area contributed by atoms with Crippen LogP contribution in [0.5, 0.6) is 0 Å². The van der Waals surface area contributed by atoms with Gasteiger partial charge in [-0.1, -0.05) is 12.1 Å². The molecule has 0 radical (unpaired) electrons. The van der Waals surface area contributed by atoms with Gasteiger partial charge in [0.15, 0.2) is 0 Å². The Morgan fingerprint density at radius 3 is 2.68 bits per heavy atom. The summed E-state index contributed by atoms with van der Waals surface area (Å²) in [5.74, 6) is 0.351. The monoisotopic (exact) mass is 380 g/mol. The minimum atomic E-state index is -0.988. The molecule has 3 aromatic rings. The zero-order valence-electron chi connectivity index (χ0n) is 16.2. The number of hydrogen-bond acceptors (Lipinski definition) is 5. The molecule has 0 unspecified atom stereocenters. The number of pyridine rings is 2. The molecule has 1 aromatic carbocycles. The second-order valence-corrected chi connectivity index (χ2v) is 7.79. The Hall–Kier alpha value is -2.57. The first kappa shape index (κ1) is 18.8. The van der Waals surface area contributed by atoms with Crippen molar-refractivity contribution in [3.05, 3.63) is 60.2 Å². The van der Waals surface area contributed by atoms with E-state index in [0.717, 1.165) is 36.8 Å². The molecule has 3 heterocycles. The number of aromatic nitrogens is 2. The number of halogens is 1. The summed E-state index contributed by atoms with van der Waals surface area (Å²) in [7, 11) is 2.11. The lowest BCUT2D eigenvalue weighted by Gasteiger charge is -2.38. The number of rotatable bonds is 4. The molecule has 1 atom stereocenters. The summed E-state index contributed by atoms with van der Waals surface area (Å²) in [6, 6.07) is 12.1. The molecule has 1 fully saturated rings. The number of para-hydroxylation sites is 1. The molecule has 0 spiro atoms. The molecule has 2 aromatic heterocycles. The van der Waals surface area contributed by atoms with Crippen molar-refractivity contribution >= 4 is 22.4 Å². The second kappa shape index (κ2) is 7.45. The number of hydrogen-bond donors (Lipinski definition) is 2. The third kappa shape index (κ3) is 3.70. The lowest BCUT2D eigenvalue weighted by Crippen LogP contribution is -2.41. The first-order valence-corrected chi connectivity index (χ1v) is 9.63. The zero-order chi connectivity index (χ0) is 19.7. The van der Waals surface area contributed by atoms with E-state index in [0.29, 0.717) is 17.2 Å². The molecule has 0 amide bonds. The number of piperidine rings is 1. The lowest BCUT2D eigenvalue weighted by atomic mass is 9.79. The van der Waals surface area contributed by atoms with Crippen LogP contribution in [0.2, 0.25) is 0 Å². The highest BCUT2D eigenvalue weighted by Gasteiger charge is 2.36. The standard InChI is InChI=1S/C22H25FN4O/c1-22(28,16-9-11-27(2)12-10-16)20-8-7-15-14-24-21(13-19(15)25-20)26-18-6-4-3-5-17(18)23/h3-8,13-14,16,28H,9-12H2,1-2H3,(H,24,26)/t22-/m1/s1. The number of aliphatic hydroxyl groups is 1. The van der Waals surface area contributed by atoms with Gasteiger partial charge < -0.3 is 15.3 Å². The summed E-state index contributed by atoms with van der Waals surface area (Å²) >= 11 is 0. The highest BCUT2D eigenvalue weighted by molar-refractivity contribution is 5.81. The smallest absolute Gasteiger partial charge is 0.146 e. The Morgan fingerprint density at radius 1 is 1.18 bits per heavy atom. The highest BCUT2D eigenvalue weighted by atomic mass is 19.1. The quantitative estimate of drug-likeness (QED) is 0.715. The molecule has 5 nitrogen and oxygen atoms in total.